The minimum atomic E-state index is -0.416. The van der Waals surface area contributed by atoms with Crippen molar-refractivity contribution >= 4 is 21.9 Å². The van der Waals surface area contributed by atoms with E-state index in [4.69, 9.17) is 4.74 Å². The number of benzene rings is 1. The Morgan fingerprint density at radius 3 is 2.76 bits per heavy atom. The van der Waals surface area contributed by atoms with Crippen LogP contribution in [0, 0.1) is 0 Å². The number of carbonyl (C=O) groups excluding carboxylic acids is 1. The first kappa shape index (κ1) is 11.9. The summed E-state index contributed by atoms with van der Waals surface area (Å²) in [4.78, 5) is 15.7. The van der Waals surface area contributed by atoms with E-state index in [0.29, 0.717) is 6.61 Å². The minimum absolute atomic E-state index is 0.286. The molecule has 0 amide bonds. The lowest BCUT2D eigenvalue weighted by Gasteiger charge is -2.06. The van der Waals surface area contributed by atoms with Crippen LogP contribution >= 0.6 is 15.9 Å². The van der Waals surface area contributed by atoms with Crippen LogP contribution in [0.5, 0.6) is 0 Å². The Morgan fingerprint density at radius 2 is 2.12 bits per heavy atom. The second-order valence-electron chi connectivity index (χ2n) is 3.32. The molecule has 1 aromatic carbocycles. The van der Waals surface area contributed by atoms with E-state index in [1.165, 1.54) is 0 Å². The van der Waals surface area contributed by atoms with Gasteiger partial charge in [0, 0.05) is 22.6 Å². The Balaban J connectivity index is 2.36. The number of imidazole rings is 1. The average Bonchev–Trinajstić information content (AvgIpc) is 2.79. The Bertz CT molecular complexity index is 520. The van der Waals surface area contributed by atoms with Crippen LogP contribution in [0.2, 0.25) is 0 Å². The predicted molar refractivity (Wildman–Crippen MR) is 67.2 cm³/mol. The molecule has 0 unspecified atom stereocenters. The molecule has 0 N–H and O–H groups in total. The fourth-order valence-electron chi connectivity index (χ4n) is 1.46. The van der Waals surface area contributed by atoms with Crippen molar-refractivity contribution < 1.29 is 9.53 Å². The lowest BCUT2D eigenvalue weighted by Crippen LogP contribution is -2.12. The van der Waals surface area contributed by atoms with Gasteiger partial charge in [-0.1, -0.05) is 15.9 Å². The Kier molecular flexibility index (Phi) is 3.58. The molecule has 0 bridgehead atoms. The second kappa shape index (κ2) is 5.14. The first-order valence-corrected chi connectivity index (χ1v) is 5.98. The van der Waals surface area contributed by atoms with E-state index in [1.807, 2.05) is 24.3 Å². The van der Waals surface area contributed by atoms with Gasteiger partial charge < -0.3 is 4.74 Å². The molecule has 0 aliphatic rings. The van der Waals surface area contributed by atoms with Crippen molar-refractivity contribution in [2.24, 2.45) is 0 Å². The maximum Gasteiger partial charge on any atom is 0.374 e. The topological polar surface area (TPSA) is 44.1 Å². The molecule has 5 heteroatoms. The molecule has 0 saturated heterocycles. The molecule has 1 heterocycles. The summed E-state index contributed by atoms with van der Waals surface area (Å²) in [6, 6.07) is 7.61. The van der Waals surface area contributed by atoms with Crippen molar-refractivity contribution in [2.45, 2.75) is 6.92 Å². The molecule has 2 aromatic rings. The zero-order chi connectivity index (χ0) is 12.3. The molecular formula is C12H11BrN2O2. The van der Waals surface area contributed by atoms with Crippen molar-refractivity contribution in [2.75, 3.05) is 6.61 Å². The number of aromatic nitrogens is 2. The van der Waals surface area contributed by atoms with E-state index in [2.05, 4.69) is 20.9 Å². The highest BCUT2D eigenvalue weighted by atomic mass is 79.9. The summed E-state index contributed by atoms with van der Waals surface area (Å²) < 4.78 is 7.62. The molecular weight excluding hydrogens is 284 g/mol. The first-order chi connectivity index (χ1) is 8.22. The van der Waals surface area contributed by atoms with Gasteiger partial charge in [0.2, 0.25) is 5.82 Å². The lowest BCUT2D eigenvalue weighted by molar-refractivity contribution is 0.0510. The smallest absolute Gasteiger partial charge is 0.374 e. The number of esters is 1. The van der Waals surface area contributed by atoms with Gasteiger partial charge in [-0.15, -0.1) is 0 Å². The number of hydrogen-bond acceptors (Lipinski definition) is 3. The lowest BCUT2D eigenvalue weighted by atomic mass is 10.3. The SMILES string of the molecule is CCOC(=O)c1nccn1-c1ccc(Br)cc1. The molecule has 88 valence electrons. The monoisotopic (exact) mass is 294 g/mol. The van der Waals surface area contributed by atoms with Crippen molar-refractivity contribution in [3.63, 3.8) is 0 Å². The van der Waals surface area contributed by atoms with E-state index in [-0.39, 0.29) is 5.82 Å². The third-order valence-corrected chi connectivity index (χ3v) is 2.73. The van der Waals surface area contributed by atoms with Gasteiger partial charge in [-0.2, -0.15) is 0 Å². The van der Waals surface area contributed by atoms with Crippen LogP contribution in [0.3, 0.4) is 0 Å². The summed E-state index contributed by atoms with van der Waals surface area (Å²) >= 11 is 3.36. The van der Waals surface area contributed by atoms with Crippen molar-refractivity contribution in [3.05, 3.63) is 47.0 Å². The maximum atomic E-state index is 11.7. The molecule has 0 spiro atoms. The van der Waals surface area contributed by atoms with Gasteiger partial charge in [0.15, 0.2) is 0 Å². The molecule has 0 fully saturated rings. The zero-order valence-corrected chi connectivity index (χ0v) is 10.8. The van der Waals surface area contributed by atoms with E-state index in [0.717, 1.165) is 10.2 Å². The summed E-state index contributed by atoms with van der Waals surface area (Å²) in [6.45, 7) is 2.11. The molecule has 1 aromatic heterocycles. The van der Waals surface area contributed by atoms with Gasteiger partial charge in [0.25, 0.3) is 0 Å². The summed E-state index contributed by atoms with van der Waals surface area (Å²) in [5.41, 5.74) is 0.869. The van der Waals surface area contributed by atoms with Crippen LogP contribution in [-0.2, 0) is 4.74 Å². The fraction of sp³-hybridized carbons (Fsp3) is 0.167. The third kappa shape index (κ3) is 2.55. The largest absolute Gasteiger partial charge is 0.460 e. The van der Waals surface area contributed by atoms with Crippen LogP contribution in [0.4, 0.5) is 0 Å². The summed E-state index contributed by atoms with van der Waals surface area (Å²) in [5, 5.41) is 0. The van der Waals surface area contributed by atoms with Gasteiger partial charge in [-0.3, -0.25) is 4.57 Å². The standard InChI is InChI=1S/C12H11BrN2O2/c1-2-17-12(16)11-14-7-8-15(11)10-5-3-9(13)4-6-10/h3-8H,2H2,1H3. The number of hydrogen-bond donors (Lipinski definition) is 0. The Hall–Kier alpha value is -1.62. The second-order valence-corrected chi connectivity index (χ2v) is 4.23. The molecule has 0 atom stereocenters. The third-order valence-electron chi connectivity index (χ3n) is 2.20. The van der Waals surface area contributed by atoms with Crippen LogP contribution < -0.4 is 0 Å². The highest BCUT2D eigenvalue weighted by Gasteiger charge is 2.14. The fourth-order valence-corrected chi connectivity index (χ4v) is 1.72. The van der Waals surface area contributed by atoms with Gasteiger partial charge in [-0.05, 0) is 31.2 Å². The maximum absolute atomic E-state index is 11.7. The number of nitrogens with zero attached hydrogens (tertiary/aromatic N) is 2. The van der Waals surface area contributed by atoms with E-state index in [9.17, 15) is 4.79 Å². The minimum Gasteiger partial charge on any atom is -0.460 e. The molecule has 2 rings (SSSR count). The molecule has 17 heavy (non-hydrogen) atoms. The average molecular weight is 295 g/mol. The summed E-state index contributed by atoms with van der Waals surface area (Å²) in [7, 11) is 0. The van der Waals surface area contributed by atoms with E-state index >= 15 is 0 Å². The van der Waals surface area contributed by atoms with Crippen molar-refractivity contribution in [1.29, 1.82) is 0 Å². The van der Waals surface area contributed by atoms with E-state index in [1.54, 1.807) is 23.9 Å². The Morgan fingerprint density at radius 1 is 1.41 bits per heavy atom. The van der Waals surface area contributed by atoms with Crippen LogP contribution in [0.15, 0.2) is 41.1 Å². The Labute approximate surface area is 107 Å². The highest BCUT2D eigenvalue weighted by molar-refractivity contribution is 9.10. The van der Waals surface area contributed by atoms with Crippen LogP contribution in [-0.4, -0.2) is 22.1 Å². The van der Waals surface area contributed by atoms with Crippen LogP contribution in [0.25, 0.3) is 5.69 Å². The molecule has 0 saturated carbocycles. The van der Waals surface area contributed by atoms with Gasteiger partial charge >= 0.3 is 5.97 Å². The van der Waals surface area contributed by atoms with Crippen molar-refractivity contribution in [1.82, 2.24) is 9.55 Å². The number of ether oxygens (including phenoxy) is 1. The molecule has 4 nitrogen and oxygen atoms in total. The highest BCUT2D eigenvalue weighted by Crippen LogP contribution is 2.15. The van der Waals surface area contributed by atoms with E-state index < -0.39 is 5.97 Å². The predicted octanol–water partition coefficient (Wildman–Crippen LogP) is 2.81. The van der Waals surface area contributed by atoms with Gasteiger partial charge in [0.05, 0.1) is 6.61 Å². The molecule has 0 aliphatic carbocycles. The van der Waals surface area contributed by atoms with Crippen molar-refractivity contribution in [3.8, 4) is 5.69 Å². The zero-order valence-electron chi connectivity index (χ0n) is 9.26. The normalized spacial score (nSPS) is 10.2. The quantitative estimate of drug-likeness (QED) is 0.818. The molecule has 0 radical (unpaired) electrons. The summed E-state index contributed by atoms with van der Waals surface area (Å²) in [5.74, 6) is -0.130. The summed E-state index contributed by atoms with van der Waals surface area (Å²) in [6.07, 6.45) is 3.31. The number of carbonyl (C=O) groups is 1. The number of halogens is 1. The number of rotatable bonds is 3. The van der Waals surface area contributed by atoms with Gasteiger partial charge in [0.1, 0.15) is 0 Å². The first-order valence-electron chi connectivity index (χ1n) is 5.18. The van der Waals surface area contributed by atoms with Gasteiger partial charge in [-0.25, -0.2) is 9.78 Å². The molecule has 0 aliphatic heterocycles. The van der Waals surface area contributed by atoms with Crippen LogP contribution in [0.1, 0.15) is 17.5 Å².